The number of hydrogen-bond donors (Lipinski definition) is 1. The Morgan fingerprint density at radius 2 is 1.85 bits per heavy atom. The summed E-state index contributed by atoms with van der Waals surface area (Å²) in [6.07, 6.45) is 2.00. The first kappa shape index (κ1) is 16.8. The summed E-state index contributed by atoms with van der Waals surface area (Å²) in [5.74, 6) is -0.109. The van der Waals surface area contributed by atoms with E-state index in [0.29, 0.717) is 5.56 Å². The lowest BCUT2D eigenvalue weighted by atomic mass is 10.2. The first-order valence-electron chi connectivity index (χ1n) is 8.14. The van der Waals surface area contributed by atoms with Crippen LogP contribution in [0.5, 0.6) is 0 Å². The zero-order valence-electron chi connectivity index (χ0n) is 14.1. The van der Waals surface area contributed by atoms with Gasteiger partial charge in [-0.15, -0.1) is 23.1 Å². The SMILES string of the molecule is CSc1cccc(C(=O)Nc2cccc(-c3nc4ccccc4s3)c2)c1. The highest BCUT2D eigenvalue weighted by atomic mass is 32.2. The van der Waals surface area contributed by atoms with Crippen LogP contribution in [0, 0.1) is 0 Å². The van der Waals surface area contributed by atoms with Gasteiger partial charge >= 0.3 is 0 Å². The summed E-state index contributed by atoms with van der Waals surface area (Å²) < 4.78 is 1.16. The van der Waals surface area contributed by atoms with E-state index in [1.54, 1.807) is 23.1 Å². The number of carbonyl (C=O) groups excluding carboxylic acids is 1. The Kier molecular flexibility index (Phi) is 4.73. The monoisotopic (exact) mass is 376 g/mol. The molecule has 0 saturated carbocycles. The van der Waals surface area contributed by atoms with E-state index in [9.17, 15) is 4.79 Å². The fourth-order valence-corrected chi connectivity index (χ4v) is 4.11. The maximum absolute atomic E-state index is 12.5. The summed E-state index contributed by atoms with van der Waals surface area (Å²) >= 11 is 3.27. The molecule has 0 unspecified atom stereocenters. The summed E-state index contributed by atoms with van der Waals surface area (Å²) in [6, 6.07) is 23.5. The van der Waals surface area contributed by atoms with Gasteiger partial charge in [-0.05, 0) is 48.7 Å². The molecule has 3 aromatic carbocycles. The van der Waals surface area contributed by atoms with Gasteiger partial charge in [-0.25, -0.2) is 4.98 Å². The Morgan fingerprint density at radius 1 is 1.00 bits per heavy atom. The van der Waals surface area contributed by atoms with Crippen LogP contribution >= 0.6 is 23.1 Å². The fourth-order valence-electron chi connectivity index (χ4n) is 2.69. The Morgan fingerprint density at radius 3 is 2.69 bits per heavy atom. The van der Waals surface area contributed by atoms with Gasteiger partial charge in [0.15, 0.2) is 0 Å². The Hall–Kier alpha value is -2.63. The van der Waals surface area contributed by atoms with Crippen molar-refractivity contribution in [3.05, 3.63) is 78.4 Å². The van der Waals surface area contributed by atoms with Crippen LogP contribution in [-0.2, 0) is 0 Å². The molecule has 128 valence electrons. The molecule has 0 atom stereocenters. The van der Waals surface area contributed by atoms with E-state index < -0.39 is 0 Å². The molecule has 0 fully saturated rings. The number of nitrogens with one attached hydrogen (secondary N) is 1. The molecule has 5 heteroatoms. The maximum atomic E-state index is 12.5. The van der Waals surface area contributed by atoms with Crippen LogP contribution in [-0.4, -0.2) is 17.1 Å². The second-order valence-electron chi connectivity index (χ2n) is 5.75. The molecule has 3 nitrogen and oxygen atoms in total. The molecule has 1 N–H and O–H groups in total. The molecule has 0 spiro atoms. The van der Waals surface area contributed by atoms with Gasteiger partial charge in [-0.1, -0.05) is 30.3 Å². The van der Waals surface area contributed by atoms with Crippen molar-refractivity contribution < 1.29 is 4.79 Å². The van der Waals surface area contributed by atoms with Gasteiger partial charge in [0, 0.05) is 21.7 Å². The fraction of sp³-hybridized carbons (Fsp3) is 0.0476. The summed E-state index contributed by atoms with van der Waals surface area (Å²) in [7, 11) is 0. The summed E-state index contributed by atoms with van der Waals surface area (Å²) in [5.41, 5.74) is 3.42. The lowest BCUT2D eigenvalue weighted by Gasteiger charge is -2.07. The van der Waals surface area contributed by atoms with Crippen molar-refractivity contribution in [1.29, 1.82) is 0 Å². The van der Waals surface area contributed by atoms with Gasteiger partial charge in [0.25, 0.3) is 5.91 Å². The number of benzene rings is 3. The van der Waals surface area contributed by atoms with Gasteiger partial charge in [-0.2, -0.15) is 0 Å². The van der Waals surface area contributed by atoms with E-state index >= 15 is 0 Å². The van der Waals surface area contributed by atoms with Gasteiger partial charge < -0.3 is 5.32 Å². The van der Waals surface area contributed by atoms with Crippen molar-refractivity contribution in [1.82, 2.24) is 4.98 Å². The van der Waals surface area contributed by atoms with E-state index in [1.165, 1.54) is 0 Å². The summed E-state index contributed by atoms with van der Waals surface area (Å²) in [6.45, 7) is 0. The highest BCUT2D eigenvalue weighted by Crippen LogP contribution is 2.31. The first-order valence-corrected chi connectivity index (χ1v) is 10.2. The third kappa shape index (κ3) is 3.49. The molecule has 1 aromatic heterocycles. The van der Waals surface area contributed by atoms with Crippen LogP contribution < -0.4 is 5.32 Å². The zero-order chi connectivity index (χ0) is 17.9. The van der Waals surface area contributed by atoms with E-state index in [0.717, 1.165) is 31.4 Å². The van der Waals surface area contributed by atoms with Crippen LogP contribution in [0.25, 0.3) is 20.8 Å². The highest BCUT2D eigenvalue weighted by molar-refractivity contribution is 7.98. The molecule has 0 aliphatic rings. The van der Waals surface area contributed by atoms with Crippen molar-refractivity contribution in [2.45, 2.75) is 4.90 Å². The van der Waals surface area contributed by atoms with Gasteiger partial charge in [0.1, 0.15) is 5.01 Å². The first-order chi connectivity index (χ1) is 12.7. The molecular formula is C21H16N2OS2. The van der Waals surface area contributed by atoms with Crippen LogP contribution in [0.1, 0.15) is 10.4 Å². The lowest BCUT2D eigenvalue weighted by molar-refractivity contribution is 0.102. The third-order valence-electron chi connectivity index (χ3n) is 3.99. The number of thioether (sulfide) groups is 1. The molecule has 0 radical (unpaired) electrons. The molecule has 0 saturated heterocycles. The lowest BCUT2D eigenvalue weighted by Crippen LogP contribution is -2.11. The Balaban J connectivity index is 1.60. The van der Waals surface area contributed by atoms with E-state index in [4.69, 9.17) is 0 Å². The number of nitrogens with zero attached hydrogens (tertiary/aromatic N) is 1. The topological polar surface area (TPSA) is 42.0 Å². The maximum Gasteiger partial charge on any atom is 0.255 e. The predicted octanol–water partition coefficient (Wildman–Crippen LogP) is 5.94. The second-order valence-corrected chi connectivity index (χ2v) is 7.66. The number of thiazole rings is 1. The zero-order valence-corrected chi connectivity index (χ0v) is 15.7. The Labute approximate surface area is 160 Å². The summed E-state index contributed by atoms with van der Waals surface area (Å²) in [4.78, 5) is 18.3. The minimum absolute atomic E-state index is 0.109. The van der Waals surface area contributed by atoms with Crippen LogP contribution in [0.2, 0.25) is 0 Å². The van der Waals surface area contributed by atoms with Crippen molar-refractivity contribution in [3.8, 4) is 10.6 Å². The van der Waals surface area contributed by atoms with Crippen LogP contribution in [0.3, 0.4) is 0 Å². The standard InChI is InChI=1S/C21H16N2OS2/c1-25-17-9-5-6-14(13-17)20(24)22-16-8-4-7-15(12-16)21-23-18-10-2-3-11-19(18)26-21/h2-13H,1H3,(H,22,24). The van der Waals surface area contributed by atoms with Gasteiger partial charge in [0.05, 0.1) is 10.2 Å². The highest BCUT2D eigenvalue weighted by Gasteiger charge is 2.09. The largest absolute Gasteiger partial charge is 0.322 e. The minimum Gasteiger partial charge on any atom is -0.322 e. The molecule has 0 aliphatic carbocycles. The minimum atomic E-state index is -0.109. The van der Waals surface area contributed by atoms with E-state index in [1.807, 2.05) is 73.0 Å². The van der Waals surface area contributed by atoms with Crippen molar-refractivity contribution in [2.24, 2.45) is 0 Å². The van der Waals surface area contributed by atoms with Crippen molar-refractivity contribution >= 4 is 44.9 Å². The molecule has 4 rings (SSSR count). The molecule has 26 heavy (non-hydrogen) atoms. The smallest absolute Gasteiger partial charge is 0.255 e. The Bertz CT molecular complexity index is 1060. The number of para-hydroxylation sites is 1. The molecule has 0 bridgehead atoms. The summed E-state index contributed by atoms with van der Waals surface area (Å²) in [5, 5.41) is 3.93. The quantitative estimate of drug-likeness (QED) is 0.448. The normalized spacial score (nSPS) is 10.8. The molecule has 0 aliphatic heterocycles. The number of aromatic nitrogens is 1. The van der Waals surface area contributed by atoms with Crippen molar-refractivity contribution in [3.63, 3.8) is 0 Å². The number of amides is 1. The van der Waals surface area contributed by atoms with Crippen LogP contribution in [0.4, 0.5) is 5.69 Å². The number of anilines is 1. The number of rotatable bonds is 4. The third-order valence-corrected chi connectivity index (χ3v) is 5.80. The van der Waals surface area contributed by atoms with Crippen molar-refractivity contribution in [2.75, 3.05) is 11.6 Å². The number of fused-ring (bicyclic) bond motifs is 1. The molecule has 4 aromatic rings. The van der Waals surface area contributed by atoms with Crippen LogP contribution in [0.15, 0.2) is 77.7 Å². The number of hydrogen-bond acceptors (Lipinski definition) is 4. The van der Waals surface area contributed by atoms with Gasteiger partial charge in [0.2, 0.25) is 0 Å². The van der Waals surface area contributed by atoms with Gasteiger partial charge in [-0.3, -0.25) is 4.79 Å². The predicted molar refractivity (Wildman–Crippen MR) is 111 cm³/mol. The molecule has 1 heterocycles. The average molecular weight is 377 g/mol. The van der Waals surface area contributed by atoms with E-state index in [-0.39, 0.29) is 5.91 Å². The molecular weight excluding hydrogens is 360 g/mol. The second kappa shape index (κ2) is 7.32. The number of carbonyl (C=O) groups is 1. The van der Waals surface area contributed by atoms with E-state index in [2.05, 4.69) is 16.4 Å². The molecule has 1 amide bonds. The average Bonchev–Trinajstić information content (AvgIpc) is 3.12.